The summed E-state index contributed by atoms with van der Waals surface area (Å²) in [6, 6.07) is 1.76. The molecule has 2 unspecified atom stereocenters. The maximum absolute atomic E-state index is 13.3. The van der Waals surface area contributed by atoms with E-state index in [1.54, 1.807) is 6.07 Å². The number of carbonyl (C=O) groups is 1. The predicted octanol–water partition coefficient (Wildman–Crippen LogP) is 2.83. The van der Waals surface area contributed by atoms with E-state index in [1.165, 1.54) is 6.92 Å². The highest BCUT2D eigenvalue weighted by Crippen LogP contribution is 2.06. The molecule has 2 atom stereocenters. The zero-order valence-electron chi connectivity index (χ0n) is 14.7. The Morgan fingerprint density at radius 1 is 1.30 bits per heavy atom. The number of halogens is 1. The Hall–Kier alpha value is -1.45. The molecule has 23 heavy (non-hydrogen) atoms. The average molecular weight is 327 g/mol. The largest absolute Gasteiger partial charge is 0.462 e. The van der Waals surface area contributed by atoms with Gasteiger partial charge in [-0.2, -0.15) is 5.26 Å². The summed E-state index contributed by atoms with van der Waals surface area (Å²) in [5.41, 5.74) is 0.0822. The molecule has 0 amide bonds. The zero-order chi connectivity index (χ0) is 17.7. The molecule has 0 aliphatic carbocycles. The van der Waals surface area contributed by atoms with Crippen molar-refractivity contribution in [1.82, 2.24) is 10.6 Å². The number of esters is 1. The third kappa shape index (κ3) is 11.7. The van der Waals surface area contributed by atoms with Crippen LogP contribution >= 0.6 is 0 Å². The van der Waals surface area contributed by atoms with E-state index >= 15 is 0 Å². The van der Waals surface area contributed by atoms with Crippen LogP contribution in [-0.4, -0.2) is 37.7 Å². The molecule has 0 heterocycles. The Morgan fingerprint density at radius 3 is 2.61 bits per heavy atom. The lowest BCUT2D eigenvalue weighted by Gasteiger charge is -2.16. The van der Waals surface area contributed by atoms with Gasteiger partial charge in [-0.05, 0) is 33.6 Å². The van der Waals surface area contributed by atoms with Gasteiger partial charge in [-0.15, -0.1) is 0 Å². The van der Waals surface area contributed by atoms with Gasteiger partial charge < -0.3 is 15.4 Å². The molecule has 2 N–H and O–H groups in total. The summed E-state index contributed by atoms with van der Waals surface area (Å²) in [7, 11) is 0. The topological polar surface area (TPSA) is 74.2 Å². The van der Waals surface area contributed by atoms with E-state index in [9.17, 15) is 9.18 Å². The van der Waals surface area contributed by atoms with Crippen molar-refractivity contribution in [2.24, 2.45) is 0 Å². The van der Waals surface area contributed by atoms with Crippen molar-refractivity contribution in [2.45, 2.75) is 65.5 Å². The van der Waals surface area contributed by atoms with Crippen LogP contribution in [-0.2, 0) is 9.53 Å². The molecule has 0 aromatic carbocycles. The van der Waals surface area contributed by atoms with Gasteiger partial charge in [-0.1, -0.05) is 19.8 Å². The zero-order valence-corrected chi connectivity index (χ0v) is 14.7. The minimum Gasteiger partial charge on any atom is -0.462 e. The van der Waals surface area contributed by atoms with Crippen LogP contribution in [0.15, 0.2) is 11.4 Å². The van der Waals surface area contributed by atoms with E-state index in [0.717, 1.165) is 25.7 Å². The van der Waals surface area contributed by atoms with Crippen molar-refractivity contribution in [3.8, 4) is 6.07 Å². The van der Waals surface area contributed by atoms with Crippen LogP contribution in [0.4, 0.5) is 4.39 Å². The summed E-state index contributed by atoms with van der Waals surface area (Å²) in [4.78, 5) is 11.7. The van der Waals surface area contributed by atoms with Gasteiger partial charge in [0.25, 0.3) is 0 Å². The number of hydrogen-bond donors (Lipinski definition) is 2. The Bertz CT molecular complexity index is 419. The highest BCUT2D eigenvalue weighted by atomic mass is 19.1. The molecule has 0 saturated carbocycles. The second-order valence-corrected chi connectivity index (χ2v) is 5.85. The normalized spacial score (nSPS) is 14.6. The van der Waals surface area contributed by atoms with E-state index in [2.05, 4.69) is 17.6 Å². The van der Waals surface area contributed by atoms with Crippen molar-refractivity contribution in [3.63, 3.8) is 0 Å². The number of carbonyl (C=O) groups excluding carboxylic acids is 1. The van der Waals surface area contributed by atoms with Crippen LogP contribution in [0.3, 0.4) is 0 Å². The molecule has 6 heteroatoms. The number of hydrogen-bond acceptors (Lipinski definition) is 5. The van der Waals surface area contributed by atoms with Gasteiger partial charge in [0.1, 0.15) is 5.83 Å². The summed E-state index contributed by atoms with van der Waals surface area (Å²) in [5.74, 6) is -0.729. The molecule has 0 saturated heterocycles. The molecule has 0 fully saturated rings. The van der Waals surface area contributed by atoms with E-state index in [-0.39, 0.29) is 36.8 Å². The second-order valence-electron chi connectivity index (χ2n) is 5.85. The van der Waals surface area contributed by atoms with E-state index in [4.69, 9.17) is 10.00 Å². The number of nitrogens with zero attached hydrogens (tertiary/aromatic N) is 1. The average Bonchev–Trinajstić information content (AvgIpc) is 2.52. The minimum atomic E-state index is -0.458. The van der Waals surface area contributed by atoms with Gasteiger partial charge in [0.15, 0.2) is 0 Å². The SMILES string of the molecule is CCCCCC(C)OC(=O)CNC(C)CNC/C(F)=C(\C)C#N. The molecular weight excluding hydrogens is 297 g/mol. The molecule has 0 bridgehead atoms. The molecule has 0 aliphatic heterocycles. The summed E-state index contributed by atoms with van der Waals surface area (Å²) in [6.45, 7) is 8.02. The standard InChI is InChI=1S/C17H30FN3O2/c1-5-6-7-8-15(4)23-17(22)12-21-14(3)10-20-11-16(18)13(2)9-19/h14-15,20-21H,5-8,10-12H2,1-4H3/b16-13-. The molecule has 0 spiro atoms. The van der Waals surface area contributed by atoms with Crippen molar-refractivity contribution in [1.29, 1.82) is 5.26 Å². The quantitative estimate of drug-likeness (QED) is 0.327. The summed E-state index contributed by atoms with van der Waals surface area (Å²) in [6.07, 6.45) is 4.20. The molecular formula is C17H30FN3O2. The number of nitriles is 1. The molecule has 132 valence electrons. The number of ether oxygens (including phenoxy) is 1. The van der Waals surface area contributed by atoms with Crippen LogP contribution in [0.2, 0.25) is 0 Å². The predicted molar refractivity (Wildman–Crippen MR) is 89.5 cm³/mol. The molecule has 0 aromatic heterocycles. The molecule has 0 aromatic rings. The van der Waals surface area contributed by atoms with E-state index in [1.807, 2.05) is 13.8 Å². The highest BCUT2D eigenvalue weighted by molar-refractivity contribution is 5.71. The van der Waals surface area contributed by atoms with Crippen LogP contribution in [0.5, 0.6) is 0 Å². The first-order valence-electron chi connectivity index (χ1n) is 8.29. The first-order valence-corrected chi connectivity index (χ1v) is 8.29. The van der Waals surface area contributed by atoms with E-state index < -0.39 is 5.83 Å². The van der Waals surface area contributed by atoms with Crippen LogP contribution in [0, 0.1) is 11.3 Å². The fourth-order valence-electron chi connectivity index (χ4n) is 1.93. The number of rotatable bonds is 12. The number of unbranched alkanes of at least 4 members (excludes halogenated alkanes) is 2. The van der Waals surface area contributed by atoms with Crippen LogP contribution in [0.25, 0.3) is 0 Å². The van der Waals surface area contributed by atoms with Gasteiger partial charge in [0.2, 0.25) is 0 Å². The fraction of sp³-hybridized carbons (Fsp3) is 0.765. The van der Waals surface area contributed by atoms with Crippen molar-refractivity contribution in [2.75, 3.05) is 19.6 Å². The van der Waals surface area contributed by atoms with Gasteiger partial charge in [-0.3, -0.25) is 4.79 Å². The highest BCUT2D eigenvalue weighted by Gasteiger charge is 2.11. The Morgan fingerprint density at radius 2 is 2.00 bits per heavy atom. The minimum absolute atomic E-state index is 0.00635. The maximum Gasteiger partial charge on any atom is 0.320 e. The third-order valence-electron chi connectivity index (χ3n) is 3.45. The Labute approximate surface area is 139 Å². The monoisotopic (exact) mass is 327 g/mol. The first-order chi connectivity index (χ1) is 10.9. The fourth-order valence-corrected chi connectivity index (χ4v) is 1.93. The Balaban J connectivity index is 3.82. The van der Waals surface area contributed by atoms with E-state index in [0.29, 0.717) is 6.54 Å². The third-order valence-corrected chi connectivity index (χ3v) is 3.45. The van der Waals surface area contributed by atoms with Gasteiger partial charge in [0, 0.05) is 19.1 Å². The maximum atomic E-state index is 13.3. The lowest BCUT2D eigenvalue weighted by atomic mass is 10.1. The lowest BCUT2D eigenvalue weighted by Crippen LogP contribution is -2.40. The number of nitrogens with one attached hydrogen (secondary N) is 2. The number of allylic oxidation sites excluding steroid dienone is 1. The summed E-state index contributed by atoms with van der Waals surface area (Å²) in [5, 5.41) is 14.5. The molecule has 0 aliphatic rings. The van der Waals surface area contributed by atoms with Crippen molar-refractivity contribution >= 4 is 5.97 Å². The van der Waals surface area contributed by atoms with Gasteiger partial charge in [0.05, 0.1) is 24.3 Å². The second kappa shape index (κ2) is 13.0. The summed E-state index contributed by atoms with van der Waals surface area (Å²) < 4.78 is 18.6. The lowest BCUT2D eigenvalue weighted by molar-refractivity contribution is -0.147. The molecule has 0 rings (SSSR count). The van der Waals surface area contributed by atoms with Gasteiger partial charge >= 0.3 is 5.97 Å². The summed E-state index contributed by atoms with van der Waals surface area (Å²) >= 11 is 0. The van der Waals surface area contributed by atoms with Crippen LogP contribution in [0.1, 0.15) is 53.4 Å². The Kier molecular flexibility index (Phi) is 12.2. The molecule has 0 radical (unpaired) electrons. The molecule has 5 nitrogen and oxygen atoms in total. The van der Waals surface area contributed by atoms with Crippen molar-refractivity contribution in [3.05, 3.63) is 11.4 Å². The van der Waals surface area contributed by atoms with Crippen molar-refractivity contribution < 1.29 is 13.9 Å². The smallest absolute Gasteiger partial charge is 0.320 e. The van der Waals surface area contributed by atoms with Gasteiger partial charge in [-0.25, -0.2) is 4.39 Å². The first kappa shape index (κ1) is 21.6. The van der Waals surface area contributed by atoms with Crippen LogP contribution < -0.4 is 10.6 Å².